The fraction of sp³-hybridized carbons (Fsp3) is 0.333. The topological polar surface area (TPSA) is 30.0 Å². The molecule has 1 aliphatic carbocycles. The second-order valence-corrected chi connectivity index (χ2v) is 4.73. The van der Waals surface area contributed by atoms with Crippen LogP contribution in [0.1, 0.15) is 36.0 Å². The molecule has 0 amide bonds. The van der Waals surface area contributed by atoms with Crippen molar-refractivity contribution in [2.45, 2.75) is 25.7 Å². The largest absolute Gasteiger partial charge is 0.294 e. The number of fused-ring (bicyclic) bond motifs is 1. The molecule has 2 heteroatoms. The quantitative estimate of drug-likeness (QED) is 0.731. The maximum atomic E-state index is 12.4. The molecule has 0 spiro atoms. The molecule has 0 bridgehead atoms. The van der Waals surface area contributed by atoms with Crippen LogP contribution in [0.4, 0.5) is 0 Å². The van der Waals surface area contributed by atoms with Crippen LogP contribution in [0.3, 0.4) is 0 Å². The number of carbonyl (C=O) groups is 1. The Kier molecular flexibility index (Phi) is 2.63. The maximum Gasteiger partial charge on any atom is 0.168 e. The number of hydrogen-bond donors (Lipinski definition) is 0. The van der Waals surface area contributed by atoms with Crippen molar-refractivity contribution in [3.8, 4) is 0 Å². The van der Waals surface area contributed by atoms with Crippen molar-refractivity contribution in [1.29, 1.82) is 0 Å². The molecule has 1 saturated carbocycles. The molecule has 0 radical (unpaired) electrons. The molecule has 86 valence electrons. The molecule has 3 rings (SSSR count). The highest BCUT2D eigenvalue weighted by molar-refractivity contribution is 6.07. The Morgan fingerprint density at radius 1 is 1.12 bits per heavy atom. The van der Waals surface area contributed by atoms with Gasteiger partial charge in [-0.15, -0.1) is 0 Å². The summed E-state index contributed by atoms with van der Waals surface area (Å²) in [4.78, 5) is 16.8. The lowest BCUT2D eigenvalue weighted by atomic mass is 9.94. The van der Waals surface area contributed by atoms with Crippen LogP contribution in [0.25, 0.3) is 10.9 Å². The zero-order valence-corrected chi connectivity index (χ0v) is 9.73. The summed E-state index contributed by atoms with van der Waals surface area (Å²) >= 11 is 0. The summed E-state index contributed by atoms with van der Waals surface area (Å²) in [5.74, 6) is 0.509. The Morgan fingerprint density at radius 2 is 1.88 bits per heavy atom. The van der Waals surface area contributed by atoms with E-state index in [0.29, 0.717) is 0 Å². The smallest absolute Gasteiger partial charge is 0.168 e. The average molecular weight is 225 g/mol. The summed E-state index contributed by atoms with van der Waals surface area (Å²) in [7, 11) is 0. The summed E-state index contributed by atoms with van der Waals surface area (Å²) in [5.41, 5.74) is 1.65. The van der Waals surface area contributed by atoms with Gasteiger partial charge in [-0.2, -0.15) is 0 Å². The highest BCUT2D eigenvalue weighted by Gasteiger charge is 2.25. The number of benzene rings is 1. The van der Waals surface area contributed by atoms with E-state index in [2.05, 4.69) is 4.98 Å². The monoisotopic (exact) mass is 225 g/mol. The van der Waals surface area contributed by atoms with Gasteiger partial charge in [-0.1, -0.05) is 31.0 Å². The minimum Gasteiger partial charge on any atom is -0.294 e. The fourth-order valence-corrected chi connectivity index (χ4v) is 2.71. The lowest BCUT2D eigenvalue weighted by Gasteiger charge is -2.09. The highest BCUT2D eigenvalue weighted by atomic mass is 16.1. The average Bonchev–Trinajstić information content (AvgIpc) is 2.91. The number of para-hydroxylation sites is 1. The third-order valence-corrected chi connectivity index (χ3v) is 3.62. The molecule has 1 aromatic heterocycles. The first kappa shape index (κ1) is 10.5. The molecule has 0 atom stereocenters. The van der Waals surface area contributed by atoms with Crippen LogP contribution >= 0.6 is 0 Å². The summed E-state index contributed by atoms with van der Waals surface area (Å²) in [5, 5.41) is 1.05. The molecule has 0 N–H and O–H groups in total. The summed E-state index contributed by atoms with van der Waals surface area (Å²) < 4.78 is 0. The van der Waals surface area contributed by atoms with Crippen LogP contribution in [0.2, 0.25) is 0 Å². The second kappa shape index (κ2) is 4.28. The van der Waals surface area contributed by atoms with Gasteiger partial charge in [0.15, 0.2) is 5.78 Å². The van der Waals surface area contributed by atoms with E-state index in [0.717, 1.165) is 29.3 Å². The van der Waals surface area contributed by atoms with Gasteiger partial charge in [0.05, 0.1) is 5.52 Å². The van der Waals surface area contributed by atoms with Crippen LogP contribution in [0.5, 0.6) is 0 Å². The molecule has 2 nitrogen and oxygen atoms in total. The van der Waals surface area contributed by atoms with Gasteiger partial charge in [0.1, 0.15) is 0 Å². The van der Waals surface area contributed by atoms with Gasteiger partial charge < -0.3 is 0 Å². The number of Topliss-reactive ketones (excluding diaryl/α,β-unsaturated/α-hetero) is 1. The number of nitrogens with zero attached hydrogens (tertiary/aromatic N) is 1. The number of ketones is 1. The van der Waals surface area contributed by atoms with E-state index in [9.17, 15) is 4.79 Å². The Morgan fingerprint density at radius 3 is 2.71 bits per heavy atom. The molecular weight excluding hydrogens is 210 g/mol. The SMILES string of the molecule is O=C(c1cccc2cccnc12)C1CCCC1. The first-order chi connectivity index (χ1) is 8.36. The van der Waals surface area contributed by atoms with E-state index in [1.54, 1.807) is 6.20 Å². The van der Waals surface area contributed by atoms with E-state index in [1.807, 2.05) is 30.3 Å². The predicted molar refractivity (Wildman–Crippen MR) is 68.0 cm³/mol. The number of carbonyl (C=O) groups excluding carboxylic acids is 1. The molecule has 17 heavy (non-hydrogen) atoms. The Labute approximate surface area is 101 Å². The summed E-state index contributed by atoms with van der Waals surface area (Å²) in [6, 6.07) is 9.79. The molecule has 0 unspecified atom stereocenters. The molecule has 1 fully saturated rings. The van der Waals surface area contributed by atoms with Crippen molar-refractivity contribution >= 4 is 16.7 Å². The van der Waals surface area contributed by atoms with Crippen LogP contribution in [0, 0.1) is 5.92 Å². The molecular formula is C15H15NO. The molecule has 1 aromatic carbocycles. The van der Waals surface area contributed by atoms with E-state index in [1.165, 1.54) is 12.8 Å². The summed E-state index contributed by atoms with van der Waals surface area (Å²) in [6.45, 7) is 0. The van der Waals surface area contributed by atoms with Crippen LogP contribution in [-0.2, 0) is 0 Å². The Hall–Kier alpha value is -1.70. The Bertz CT molecular complexity index is 550. The van der Waals surface area contributed by atoms with Gasteiger partial charge in [-0.05, 0) is 25.0 Å². The van der Waals surface area contributed by atoms with Crippen LogP contribution in [0.15, 0.2) is 36.5 Å². The number of pyridine rings is 1. The maximum absolute atomic E-state index is 12.4. The van der Waals surface area contributed by atoms with Crippen LogP contribution in [-0.4, -0.2) is 10.8 Å². The zero-order chi connectivity index (χ0) is 11.7. The lowest BCUT2D eigenvalue weighted by Crippen LogP contribution is -2.11. The number of aromatic nitrogens is 1. The van der Waals surface area contributed by atoms with Gasteiger partial charge >= 0.3 is 0 Å². The molecule has 0 aliphatic heterocycles. The van der Waals surface area contributed by atoms with E-state index in [-0.39, 0.29) is 11.7 Å². The van der Waals surface area contributed by atoms with Crippen molar-refractivity contribution in [3.63, 3.8) is 0 Å². The minimum absolute atomic E-state index is 0.225. The van der Waals surface area contributed by atoms with Gasteiger partial charge in [-0.3, -0.25) is 9.78 Å². The second-order valence-electron chi connectivity index (χ2n) is 4.73. The molecule has 2 aromatic rings. The van der Waals surface area contributed by atoms with E-state index in [4.69, 9.17) is 0 Å². The minimum atomic E-state index is 0.225. The lowest BCUT2D eigenvalue weighted by molar-refractivity contribution is 0.0924. The first-order valence-electron chi connectivity index (χ1n) is 6.24. The van der Waals surface area contributed by atoms with Crippen LogP contribution < -0.4 is 0 Å². The van der Waals surface area contributed by atoms with Gasteiger partial charge in [0.2, 0.25) is 0 Å². The predicted octanol–water partition coefficient (Wildman–Crippen LogP) is 3.61. The van der Waals surface area contributed by atoms with Crippen molar-refractivity contribution in [2.24, 2.45) is 5.92 Å². The Balaban J connectivity index is 2.07. The van der Waals surface area contributed by atoms with E-state index < -0.39 is 0 Å². The fourth-order valence-electron chi connectivity index (χ4n) is 2.71. The van der Waals surface area contributed by atoms with Gasteiger partial charge in [-0.25, -0.2) is 0 Å². The zero-order valence-electron chi connectivity index (χ0n) is 9.73. The van der Waals surface area contributed by atoms with Gasteiger partial charge in [0, 0.05) is 23.1 Å². The number of rotatable bonds is 2. The molecule has 1 heterocycles. The molecule has 1 aliphatic rings. The third kappa shape index (κ3) is 1.84. The van der Waals surface area contributed by atoms with Crippen molar-refractivity contribution < 1.29 is 4.79 Å². The first-order valence-corrected chi connectivity index (χ1v) is 6.24. The van der Waals surface area contributed by atoms with Crippen molar-refractivity contribution in [3.05, 3.63) is 42.1 Å². The van der Waals surface area contributed by atoms with Gasteiger partial charge in [0.25, 0.3) is 0 Å². The highest BCUT2D eigenvalue weighted by Crippen LogP contribution is 2.29. The molecule has 0 saturated heterocycles. The van der Waals surface area contributed by atoms with Crippen molar-refractivity contribution in [2.75, 3.05) is 0 Å². The summed E-state index contributed by atoms with van der Waals surface area (Å²) in [6.07, 6.45) is 6.22. The van der Waals surface area contributed by atoms with E-state index >= 15 is 0 Å². The third-order valence-electron chi connectivity index (χ3n) is 3.62. The number of hydrogen-bond acceptors (Lipinski definition) is 2. The normalized spacial score (nSPS) is 16.5. The standard InChI is InChI=1S/C15H15NO/c17-15(12-5-1-2-6-12)13-9-3-7-11-8-4-10-16-14(11)13/h3-4,7-10,12H,1-2,5-6H2. The van der Waals surface area contributed by atoms with Crippen molar-refractivity contribution in [1.82, 2.24) is 4.98 Å².